The molecule has 1 fully saturated rings. The van der Waals surface area contributed by atoms with Gasteiger partial charge in [-0.15, -0.1) is 0 Å². The van der Waals surface area contributed by atoms with E-state index in [9.17, 15) is 8.42 Å². The summed E-state index contributed by atoms with van der Waals surface area (Å²) in [5, 5.41) is 3.23. The largest absolute Gasteiger partial charge is 0.313 e. The molecule has 3 unspecified atom stereocenters. The van der Waals surface area contributed by atoms with Crippen LogP contribution in [-0.4, -0.2) is 32.0 Å². The van der Waals surface area contributed by atoms with Gasteiger partial charge in [-0.25, -0.2) is 8.42 Å². The topological polar surface area (TPSA) is 46.2 Å². The number of nitrogens with one attached hydrogen (secondary N) is 1. The van der Waals surface area contributed by atoms with Crippen LogP contribution in [0, 0.1) is 11.8 Å². The first-order chi connectivity index (χ1) is 8.92. The highest BCUT2D eigenvalue weighted by atomic mass is 32.2. The van der Waals surface area contributed by atoms with Crippen LogP contribution in [0.15, 0.2) is 0 Å². The second-order valence-electron chi connectivity index (χ2n) is 6.24. The van der Waals surface area contributed by atoms with E-state index in [1.807, 2.05) is 0 Å². The van der Waals surface area contributed by atoms with E-state index in [0.717, 1.165) is 38.6 Å². The zero-order chi connectivity index (χ0) is 14.5. The number of sulfone groups is 1. The van der Waals surface area contributed by atoms with Gasteiger partial charge < -0.3 is 5.32 Å². The minimum Gasteiger partial charge on any atom is -0.313 e. The zero-order valence-electron chi connectivity index (χ0n) is 13.0. The predicted molar refractivity (Wildman–Crippen MR) is 82.1 cm³/mol. The van der Waals surface area contributed by atoms with E-state index in [4.69, 9.17) is 0 Å². The quantitative estimate of drug-likeness (QED) is 0.783. The summed E-state index contributed by atoms with van der Waals surface area (Å²) in [6.07, 6.45) is 4.76. The van der Waals surface area contributed by atoms with Crippen molar-refractivity contribution >= 4 is 9.84 Å². The van der Waals surface area contributed by atoms with Gasteiger partial charge in [0.2, 0.25) is 0 Å². The van der Waals surface area contributed by atoms with E-state index in [0.29, 0.717) is 17.6 Å². The van der Waals surface area contributed by atoms with Crippen LogP contribution in [-0.2, 0) is 9.84 Å². The van der Waals surface area contributed by atoms with Gasteiger partial charge in [0, 0.05) is 6.04 Å². The van der Waals surface area contributed by atoms with Crippen LogP contribution in [0.1, 0.15) is 59.8 Å². The third kappa shape index (κ3) is 4.75. The van der Waals surface area contributed by atoms with Gasteiger partial charge in [-0.05, 0) is 44.1 Å². The normalized spacial score (nSPS) is 28.8. The number of rotatable bonds is 7. The van der Waals surface area contributed by atoms with Gasteiger partial charge in [0.05, 0.1) is 11.0 Å². The van der Waals surface area contributed by atoms with Gasteiger partial charge in [-0.3, -0.25) is 0 Å². The Bertz CT molecular complexity index is 351. The Morgan fingerprint density at radius 3 is 2.42 bits per heavy atom. The van der Waals surface area contributed by atoms with Crippen molar-refractivity contribution in [2.75, 3.05) is 12.3 Å². The molecule has 1 saturated carbocycles. The summed E-state index contributed by atoms with van der Waals surface area (Å²) in [5.41, 5.74) is 0. The summed E-state index contributed by atoms with van der Waals surface area (Å²) >= 11 is 0. The van der Waals surface area contributed by atoms with Crippen molar-refractivity contribution < 1.29 is 8.42 Å². The van der Waals surface area contributed by atoms with Gasteiger partial charge in [-0.1, -0.05) is 34.1 Å². The highest BCUT2D eigenvalue weighted by molar-refractivity contribution is 7.92. The van der Waals surface area contributed by atoms with Crippen LogP contribution >= 0.6 is 0 Å². The molecule has 0 saturated heterocycles. The van der Waals surface area contributed by atoms with Crippen LogP contribution in [0.2, 0.25) is 0 Å². The molecule has 0 aromatic carbocycles. The van der Waals surface area contributed by atoms with Gasteiger partial charge in [-0.2, -0.15) is 0 Å². The van der Waals surface area contributed by atoms with Gasteiger partial charge in [0.25, 0.3) is 0 Å². The molecule has 0 radical (unpaired) electrons. The van der Waals surface area contributed by atoms with Crippen molar-refractivity contribution in [3.8, 4) is 0 Å². The average Bonchev–Trinajstić information content (AvgIpc) is 2.37. The molecule has 0 aromatic heterocycles. The molecule has 0 aliphatic heterocycles. The first-order valence-corrected chi connectivity index (χ1v) is 9.58. The molecule has 0 heterocycles. The third-order valence-corrected chi connectivity index (χ3v) is 6.79. The molecular formula is C15H31NO2S. The van der Waals surface area contributed by atoms with Gasteiger partial charge >= 0.3 is 0 Å². The first-order valence-electron chi connectivity index (χ1n) is 7.87. The molecule has 0 bridgehead atoms. The Hall–Kier alpha value is -0.0900. The monoisotopic (exact) mass is 289 g/mol. The minimum absolute atomic E-state index is 0.167. The lowest BCUT2D eigenvalue weighted by Gasteiger charge is -2.37. The fourth-order valence-electron chi connectivity index (χ4n) is 3.16. The maximum absolute atomic E-state index is 12.6. The number of hydrogen-bond acceptors (Lipinski definition) is 3. The first kappa shape index (κ1) is 17.0. The molecular weight excluding hydrogens is 258 g/mol. The van der Waals surface area contributed by atoms with Crippen LogP contribution in [0.4, 0.5) is 0 Å². The molecule has 0 spiro atoms. The molecule has 1 aliphatic carbocycles. The van der Waals surface area contributed by atoms with Gasteiger partial charge in [0.1, 0.15) is 0 Å². The van der Waals surface area contributed by atoms with Crippen molar-refractivity contribution in [1.29, 1.82) is 0 Å². The lowest BCUT2D eigenvalue weighted by molar-refractivity contribution is 0.242. The van der Waals surface area contributed by atoms with Gasteiger partial charge in [0.15, 0.2) is 9.84 Å². The zero-order valence-corrected chi connectivity index (χ0v) is 13.8. The van der Waals surface area contributed by atoms with E-state index >= 15 is 0 Å². The lowest BCUT2D eigenvalue weighted by Crippen LogP contribution is -2.49. The van der Waals surface area contributed by atoms with Crippen LogP contribution in [0.3, 0.4) is 0 Å². The Kier molecular flexibility index (Phi) is 6.81. The van der Waals surface area contributed by atoms with E-state index in [1.54, 1.807) is 0 Å². The fraction of sp³-hybridized carbons (Fsp3) is 1.00. The fourth-order valence-corrected chi connectivity index (χ4v) is 5.42. The highest BCUT2D eigenvalue weighted by Crippen LogP contribution is 2.34. The van der Waals surface area contributed by atoms with E-state index < -0.39 is 9.84 Å². The van der Waals surface area contributed by atoms with Crippen molar-refractivity contribution in [1.82, 2.24) is 5.32 Å². The smallest absolute Gasteiger partial charge is 0.154 e. The molecule has 3 atom stereocenters. The predicted octanol–water partition coefficient (Wildman–Crippen LogP) is 3.00. The van der Waals surface area contributed by atoms with Crippen LogP contribution < -0.4 is 5.32 Å². The molecule has 1 aliphatic rings. The van der Waals surface area contributed by atoms with Crippen molar-refractivity contribution in [3.63, 3.8) is 0 Å². The Balaban J connectivity index is 2.81. The van der Waals surface area contributed by atoms with Crippen LogP contribution in [0.5, 0.6) is 0 Å². The molecule has 3 nitrogen and oxygen atoms in total. The average molecular weight is 289 g/mol. The number of unbranched alkanes of at least 4 members (excludes halogenated alkanes) is 1. The van der Waals surface area contributed by atoms with E-state index in [1.165, 1.54) is 0 Å². The summed E-state index contributed by atoms with van der Waals surface area (Å²) in [6.45, 7) is 9.40. The van der Waals surface area contributed by atoms with Crippen molar-refractivity contribution in [2.24, 2.45) is 11.8 Å². The summed E-state index contributed by atoms with van der Waals surface area (Å²) in [6, 6.07) is 0.168. The molecule has 4 heteroatoms. The van der Waals surface area contributed by atoms with E-state index in [2.05, 4.69) is 33.0 Å². The second-order valence-corrected chi connectivity index (χ2v) is 8.58. The summed E-state index contributed by atoms with van der Waals surface area (Å²) < 4.78 is 25.1. The van der Waals surface area contributed by atoms with Crippen molar-refractivity contribution in [2.45, 2.75) is 71.1 Å². The van der Waals surface area contributed by atoms with Crippen molar-refractivity contribution in [3.05, 3.63) is 0 Å². The maximum Gasteiger partial charge on any atom is 0.154 e. The van der Waals surface area contributed by atoms with Crippen LogP contribution in [0.25, 0.3) is 0 Å². The Labute approximate surface area is 119 Å². The molecule has 1 rings (SSSR count). The second kappa shape index (κ2) is 7.63. The molecule has 0 aromatic rings. The molecule has 1 N–H and O–H groups in total. The minimum atomic E-state index is -2.95. The molecule has 19 heavy (non-hydrogen) atoms. The third-order valence-electron chi connectivity index (χ3n) is 4.49. The standard InChI is InChI=1S/C15H31NO2S/c1-5-7-10-19(17,18)15-11-13(12(3)4)8-9-14(15)16-6-2/h12-16H,5-11H2,1-4H3. The molecule has 114 valence electrons. The lowest BCUT2D eigenvalue weighted by atomic mass is 9.79. The summed E-state index contributed by atoms with van der Waals surface area (Å²) in [7, 11) is -2.95. The maximum atomic E-state index is 12.6. The van der Waals surface area contributed by atoms with E-state index in [-0.39, 0.29) is 11.3 Å². The summed E-state index contributed by atoms with van der Waals surface area (Å²) in [5.74, 6) is 1.52. The number of hydrogen-bond donors (Lipinski definition) is 1. The summed E-state index contributed by atoms with van der Waals surface area (Å²) in [4.78, 5) is 0. The SMILES string of the molecule is CCCCS(=O)(=O)C1CC(C(C)C)CCC1NCC. The Morgan fingerprint density at radius 1 is 1.21 bits per heavy atom. The molecule has 0 amide bonds. The Morgan fingerprint density at radius 2 is 1.89 bits per heavy atom. The highest BCUT2D eigenvalue weighted by Gasteiger charge is 2.38.